The maximum atomic E-state index is 15.6. The van der Waals surface area contributed by atoms with Crippen LogP contribution in [0.15, 0.2) is 54.9 Å². The third-order valence-corrected chi connectivity index (χ3v) is 8.36. The Morgan fingerprint density at radius 2 is 1.74 bits per heavy atom. The van der Waals surface area contributed by atoms with Crippen molar-refractivity contribution in [3.63, 3.8) is 0 Å². The molecular formula is C32H33ClF2N4O7S. The number of hydrogen-bond acceptors (Lipinski definition) is 8. The lowest BCUT2D eigenvalue weighted by atomic mass is 10.00. The Kier molecular flexibility index (Phi) is 10.6. The lowest BCUT2D eigenvalue weighted by molar-refractivity contribution is -0.148. The minimum Gasteiger partial charge on any atom is -0.444 e. The van der Waals surface area contributed by atoms with Gasteiger partial charge in [0.1, 0.15) is 23.6 Å². The molecule has 0 atom stereocenters. The Hall–Kier alpha value is -4.56. The number of rotatable bonds is 11. The van der Waals surface area contributed by atoms with Gasteiger partial charge in [0.2, 0.25) is 15.8 Å². The van der Waals surface area contributed by atoms with Crippen molar-refractivity contribution in [3.8, 4) is 11.1 Å². The van der Waals surface area contributed by atoms with Gasteiger partial charge in [-0.3, -0.25) is 18.9 Å². The molecule has 2 aromatic heterocycles. The smallest absolute Gasteiger partial charge is 0.410 e. The topological polar surface area (TPSA) is 137 Å². The number of amides is 1. The quantitative estimate of drug-likeness (QED) is 0.141. The summed E-state index contributed by atoms with van der Waals surface area (Å²) in [6.07, 6.45) is 2.23. The number of nitrogens with zero attached hydrogens (tertiary/aromatic N) is 3. The van der Waals surface area contributed by atoms with Gasteiger partial charge in [0, 0.05) is 35.4 Å². The van der Waals surface area contributed by atoms with Crippen LogP contribution >= 0.6 is 11.6 Å². The number of halogens is 3. The van der Waals surface area contributed by atoms with Crippen LogP contribution in [0.1, 0.15) is 50.0 Å². The molecule has 0 radical (unpaired) electrons. The number of anilines is 1. The molecule has 0 aliphatic heterocycles. The fourth-order valence-corrected chi connectivity index (χ4v) is 5.76. The van der Waals surface area contributed by atoms with E-state index in [1.54, 1.807) is 58.0 Å². The van der Waals surface area contributed by atoms with Crippen molar-refractivity contribution in [1.29, 1.82) is 0 Å². The molecule has 15 heteroatoms. The van der Waals surface area contributed by atoms with Crippen molar-refractivity contribution >= 4 is 56.2 Å². The summed E-state index contributed by atoms with van der Waals surface area (Å²) >= 11 is 6.02. The normalized spacial score (nSPS) is 11.7. The molecule has 4 aromatic rings. The van der Waals surface area contributed by atoms with Crippen LogP contribution < -0.4 is 4.72 Å². The summed E-state index contributed by atoms with van der Waals surface area (Å²) in [4.78, 5) is 44.2. The number of nitrogens with one attached hydrogen (secondary N) is 1. The number of ether oxygens (including phenoxy) is 2. The van der Waals surface area contributed by atoms with Gasteiger partial charge < -0.3 is 14.4 Å². The number of carbonyl (C=O) groups is 3. The standard InChI is InChI=1S/C32H33ClF2N4O7S/c1-6-13-47(43,44)37-25-12-11-24(34)27(28(25)35)29(41)23-16-39(18-45-26(40)17-38(5)31(42)46-32(2,3)4)30-22(23)14-20(15-36-30)19-7-9-21(33)10-8-19/h7-12,14-16,37H,6,13,17-18H2,1-5H3. The molecule has 47 heavy (non-hydrogen) atoms. The predicted octanol–water partition coefficient (Wildman–Crippen LogP) is 6.39. The summed E-state index contributed by atoms with van der Waals surface area (Å²) in [5.74, 6) is -4.84. The van der Waals surface area contributed by atoms with E-state index in [2.05, 4.69) is 9.71 Å². The fourth-order valence-electron chi connectivity index (χ4n) is 4.50. The van der Waals surface area contributed by atoms with E-state index in [1.807, 2.05) is 0 Å². The van der Waals surface area contributed by atoms with Crippen molar-refractivity contribution < 1.29 is 41.1 Å². The summed E-state index contributed by atoms with van der Waals surface area (Å²) in [7, 11) is -2.61. The first-order valence-corrected chi connectivity index (χ1v) is 16.4. The Balaban J connectivity index is 1.72. The Morgan fingerprint density at radius 1 is 1.06 bits per heavy atom. The minimum absolute atomic E-state index is 0.139. The molecule has 0 spiro atoms. The van der Waals surface area contributed by atoms with Crippen LogP contribution in [0.2, 0.25) is 5.02 Å². The molecule has 0 unspecified atom stereocenters. The van der Waals surface area contributed by atoms with Crippen molar-refractivity contribution in [1.82, 2.24) is 14.5 Å². The molecule has 0 saturated heterocycles. The largest absolute Gasteiger partial charge is 0.444 e. The monoisotopic (exact) mass is 690 g/mol. The van der Waals surface area contributed by atoms with E-state index in [9.17, 15) is 22.8 Å². The van der Waals surface area contributed by atoms with Gasteiger partial charge >= 0.3 is 12.1 Å². The number of likely N-dealkylation sites (N-methyl/N-ethyl adjacent to an activating group) is 1. The zero-order valence-electron chi connectivity index (χ0n) is 26.3. The number of aromatic nitrogens is 2. The zero-order chi connectivity index (χ0) is 34.7. The Labute approximate surface area is 275 Å². The Bertz CT molecular complexity index is 1940. The molecule has 0 aliphatic carbocycles. The summed E-state index contributed by atoms with van der Waals surface area (Å²) in [6, 6.07) is 10.0. The number of benzene rings is 2. The van der Waals surface area contributed by atoms with Crippen LogP contribution in [-0.4, -0.2) is 65.7 Å². The van der Waals surface area contributed by atoms with E-state index in [-0.39, 0.29) is 28.8 Å². The molecule has 0 fully saturated rings. The van der Waals surface area contributed by atoms with E-state index in [0.717, 1.165) is 17.0 Å². The molecule has 0 bridgehead atoms. The molecule has 2 aromatic carbocycles. The van der Waals surface area contributed by atoms with Crippen molar-refractivity contribution in [3.05, 3.63) is 82.6 Å². The van der Waals surface area contributed by atoms with Crippen LogP contribution in [0, 0.1) is 11.6 Å². The SMILES string of the molecule is CCCS(=O)(=O)Nc1ccc(F)c(C(=O)c2cn(COC(=O)CN(C)C(=O)OC(C)(C)C)c3ncc(-c4ccc(Cl)cc4)cc23)c1F. The van der Waals surface area contributed by atoms with Crippen LogP contribution in [0.4, 0.5) is 19.3 Å². The molecule has 1 amide bonds. The second-order valence-electron chi connectivity index (χ2n) is 11.6. The molecule has 4 rings (SSSR count). The summed E-state index contributed by atoms with van der Waals surface area (Å²) in [6.45, 7) is 5.73. The molecule has 0 aliphatic rings. The lowest BCUT2D eigenvalue weighted by Gasteiger charge is -2.24. The highest BCUT2D eigenvalue weighted by molar-refractivity contribution is 7.92. The second kappa shape index (κ2) is 14.1. The number of hydrogen-bond donors (Lipinski definition) is 1. The third kappa shape index (κ3) is 8.63. The van der Waals surface area contributed by atoms with E-state index >= 15 is 8.78 Å². The van der Waals surface area contributed by atoms with Gasteiger partial charge in [-0.25, -0.2) is 27.0 Å². The fraction of sp³-hybridized carbons (Fsp3) is 0.312. The van der Waals surface area contributed by atoms with Gasteiger partial charge in [-0.2, -0.15) is 0 Å². The van der Waals surface area contributed by atoms with Crippen molar-refractivity contribution in [2.24, 2.45) is 0 Å². The van der Waals surface area contributed by atoms with E-state index in [1.165, 1.54) is 24.0 Å². The van der Waals surface area contributed by atoms with Crippen LogP contribution in [0.25, 0.3) is 22.2 Å². The van der Waals surface area contributed by atoms with Gasteiger partial charge in [-0.05, 0) is 63.1 Å². The molecular weight excluding hydrogens is 658 g/mol. The zero-order valence-corrected chi connectivity index (χ0v) is 27.8. The molecule has 0 saturated carbocycles. The first-order valence-electron chi connectivity index (χ1n) is 14.4. The maximum Gasteiger partial charge on any atom is 0.410 e. The van der Waals surface area contributed by atoms with E-state index in [4.69, 9.17) is 21.1 Å². The van der Waals surface area contributed by atoms with E-state index in [0.29, 0.717) is 16.1 Å². The van der Waals surface area contributed by atoms with Crippen LogP contribution in [0.5, 0.6) is 0 Å². The molecule has 11 nitrogen and oxygen atoms in total. The van der Waals surface area contributed by atoms with Gasteiger partial charge in [-0.1, -0.05) is 30.7 Å². The maximum absolute atomic E-state index is 15.6. The van der Waals surface area contributed by atoms with E-state index < -0.39 is 69.6 Å². The van der Waals surface area contributed by atoms with Crippen LogP contribution in [-0.2, 0) is 31.0 Å². The number of esters is 1. The number of pyridine rings is 1. The number of sulfonamides is 1. The average Bonchev–Trinajstić information content (AvgIpc) is 3.35. The number of ketones is 1. The average molecular weight is 691 g/mol. The van der Waals surface area contributed by atoms with Gasteiger partial charge in [0.15, 0.2) is 12.5 Å². The highest BCUT2D eigenvalue weighted by Crippen LogP contribution is 2.31. The van der Waals surface area contributed by atoms with Gasteiger partial charge in [0.25, 0.3) is 0 Å². The molecule has 1 N–H and O–H groups in total. The first-order chi connectivity index (χ1) is 22.0. The Morgan fingerprint density at radius 3 is 2.38 bits per heavy atom. The van der Waals surface area contributed by atoms with Gasteiger partial charge in [0.05, 0.1) is 22.6 Å². The summed E-state index contributed by atoms with van der Waals surface area (Å²) in [5.41, 5.74) is -1.20. The minimum atomic E-state index is -3.96. The highest BCUT2D eigenvalue weighted by atomic mass is 35.5. The number of carbonyl (C=O) groups excluding carboxylic acids is 3. The van der Waals surface area contributed by atoms with Crippen molar-refractivity contribution in [2.45, 2.75) is 46.4 Å². The summed E-state index contributed by atoms with van der Waals surface area (Å²) < 4.78 is 69.3. The number of fused-ring (bicyclic) bond motifs is 1. The second-order valence-corrected chi connectivity index (χ2v) is 13.9. The first kappa shape index (κ1) is 35.3. The third-order valence-electron chi connectivity index (χ3n) is 6.63. The van der Waals surface area contributed by atoms with Crippen LogP contribution in [0.3, 0.4) is 0 Å². The molecule has 2 heterocycles. The molecule has 250 valence electrons. The summed E-state index contributed by atoms with van der Waals surface area (Å²) in [5, 5.41) is 0.657. The lowest BCUT2D eigenvalue weighted by Crippen LogP contribution is -2.37. The highest BCUT2D eigenvalue weighted by Gasteiger charge is 2.28. The predicted molar refractivity (Wildman–Crippen MR) is 173 cm³/mol. The van der Waals surface area contributed by atoms with Gasteiger partial charge in [-0.15, -0.1) is 0 Å². The van der Waals surface area contributed by atoms with Crippen molar-refractivity contribution in [2.75, 3.05) is 24.1 Å².